The molecule has 5 heteroatoms. The van der Waals surface area contributed by atoms with Crippen molar-refractivity contribution < 1.29 is 22.3 Å². The van der Waals surface area contributed by atoms with Crippen LogP contribution in [-0.2, 0) is 4.74 Å². The molecular formula is C28H28F4O. The molecule has 0 aromatic heterocycles. The van der Waals surface area contributed by atoms with Crippen LogP contribution in [0.5, 0.6) is 0 Å². The zero-order valence-corrected chi connectivity index (χ0v) is 18.9. The Bertz CT molecular complexity index is 1090. The minimum Gasteiger partial charge on any atom is -0.494 e. The van der Waals surface area contributed by atoms with Crippen LogP contribution in [0.1, 0.15) is 49.7 Å². The second-order valence-electron chi connectivity index (χ2n) is 8.52. The third kappa shape index (κ3) is 5.65. The van der Waals surface area contributed by atoms with Gasteiger partial charge in [0, 0.05) is 11.1 Å². The zero-order chi connectivity index (χ0) is 24.1. The Hall–Kier alpha value is -3.08. The van der Waals surface area contributed by atoms with Crippen molar-refractivity contribution in [1.82, 2.24) is 0 Å². The predicted octanol–water partition coefficient (Wildman–Crippen LogP) is 8.81. The van der Waals surface area contributed by atoms with E-state index in [9.17, 15) is 17.6 Å². The lowest BCUT2D eigenvalue weighted by Crippen LogP contribution is -2.13. The lowest BCUT2D eigenvalue weighted by molar-refractivity contribution is 0.281. The van der Waals surface area contributed by atoms with Gasteiger partial charge in [0.15, 0.2) is 17.5 Å². The van der Waals surface area contributed by atoms with Gasteiger partial charge in [-0.05, 0) is 41.4 Å². The van der Waals surface area contributed by atoms with Crippen LogP contribution in [0.15, 0.2) is 78.6 Å². The Morgan fingerprint density at radius 3 is 2.15 bits per heavy atom. The number of halogens is 4. The van der Waals surface area contributed by atoms with Crippen LogP contribution in [0.4, 0.5) is 17.6 Å². The Balaban J connectivity index is 1.76. The molecule has 0 aliphatic heterocycles. The van der Waals surface area contributed by atoms with Crippen LogP contribution >= 0.6 is 0 Å². The van der Waals surface area contributed by atoms with Gasteiger partial charge in [0.25, 0.3) is 0 Å². The van der Waals surface area contributed by atoms with Crippen molar-refractivity contribution >= 4 is 6.08 Å². The van der Waals surface area contributed by atoms with E-state index in [0.29, 0.717) is 22.6 Å². The van der Waals surface area contributed by atoms with Crippen molar-refractivity contribution in [2.24, 2.45) is 5.92 Å². The number of ether oxygens (including phenoxy) is 1. The minimum absolute atomic E-state index is 0.0608. The molecule has 1 nitrogen and oxygen atoms in total. The molecule has 0 radical (unpaired) electrons. The first-order chi connectivity index (χ1) is 15.7. The molecule has 2 aromatic rings. The van der Waals surface area contributed by atoms with Gasteiger partial charge < -0.3 is 4.74 Å². The van der Waals surface area contributed by atoms with Crippen LogP contribution in [0.2, 0.25) is 0 Å². The van der Waals surface area contributed by atoms with Gasteiger partial charge in [-0.1, -0.05) is 81.5 Å². The fourth-order valence-electron chi connectivity index (χ4n) is 4.07. The van der Waals surface area contributed by atoms with Gasteiger partial charge in [-0.25, -0.2) is 13.2 Å². The lowest BCUT2D eigenvalue weighted by atomic mass is 9.79. The first-order valence-corrected chi connectivity index (χ1v) is 11.0. The van der Waals surface area contributed by atoms with Crippen molar-refractivity contribution in [1.29, 1.82) is 0 Å². The van der Waals surface area contributed by atoms with Crippen molar-refractivity contribution in [3.8, 4) is 11.1 Å². The van der Waals surface area contributed by atoms with Gasteiger partial charge in [0.2, 0.25) is 5.83 Å². The Labute approximate surface area is 192 Å². The summed E-state index contributed by atoms with van der Waals surface area (Å²) in [5.41, 5.74) is 1.65. The van der Waals surface area contributed by atoms with Crippen molar-refractivity contribution in [3.63, 3.8) is 0 Å². The molecule has 0 amide bonds. The summed E-state index contributed by atoms with van der Waals surface area (Å²) in [5, 5.41) is 0. The van der Waals surface area contributed by atoms with Gasteiger partial charge in [-0.3, -0.25) is 0 Å². The smallest absolute Gasteiger partial charge is 0.200 e. The summed E-state index contributed by atoms with van der Waals surface area (Å²) in [6.45, 7) is 8.95. The largest absolute Gasteiger partial charge is 0.494 e. The highest BCUT2D eigenvalue weighted by molar-refractivity contribution is 5.67. The molecular weight excluding hydrogens is 428 g/mol. The van der Waals surface area contributed by atoms with Crippen LogP contribution in [0.25, 0.3) is 17.2 Å². The number of hydrogen-bond donors (Lipinski definition) is 0. The zero-order valence-electron chi connectivity index (χ0n) is 18.9. The normalized spacial score (nSPS) is 19.3. The molecule has 0 bridgehead atoms. The molecule has 1 aliphatic carbocycles. The lowest BCUT2D eigenvalue weighted by Gasteiger charge is -2.27. The number of allylic oxidation sites excluding steroid dienone is 4. The van der Waals surface area contributed by atoms with E-state index in [1.165, 1.54) is 13.2 Å². The van der Waals surface area contributed by atoms with E-state index < -0.39 is 29.0 Å². The SMILES string of the molecule is C=C(/C=C/c1ccc(-c2ccc(C3CCC(C)CC3)c(F)c2F)cc1)/C(F)=C(/F)C(=C)OC. The highest BCUT2D eigenvalue weighted by Crippen LogP contribution is 2.38. The summed E-state index contributed by atoms with van der Waals surface area (Å²) in [6, 6.07) is 10.00. The summed E-state index contributed by atoms with van der Waals surface area (Å²) < 4.78 is 62.1. The molecule has 0 unspecified atom stereocenters. The molecule has 0 N–H and O–H groups in total. The quantitative estimate of drug-likeness (QED) is 0.230. The van der Waals surface area contributed by atoms with E-state index in [0.717, 1.165) is 25.7 Å². The van der Waals surface area contributed by atoms with Gasteiger partial charge >= 0.3 is 0 Å². The van der Waals surface area contributed by atoms with Crippen molar-refractivity contribution in [2.75, 3.05) is 7.11 Å². The van der Waals surface area contributed by atoms with Gasteiger partial charge in [0.05, 0.1) is 7.11 Å². The monoisotopic (exact) mass is 456 g/mol. The highest BCUT2D eigenvalue weighted by atomic mass is 19.2. The predicted molar refractivity (Wildman–Crippen MR) is 126 cm³/mol. The molecule has 0 heterocycles. The van der Waals surface area contributed by atoms with Crippen LogP contribution < -0.4 is 0 Å². The summed E-state index contributed by atoms with van der Waals surface area (Å²) in [6.07, 6.45) is 6.67. The van der Waals surface area contributed by atoms with E-state index in [4.69, 9.17) is 0 Å². The van der Waals surface area contributed by atoms with E-state index in [2.05, 4.69) is 24.8 Å². The highest BCUT2D eigenvalue weighted by Gasteiger charge is 2.25. The minimum atomic E-state index is -1.22. The number of hydrogen-bond acceptors (Lipinski definition) is 1. The standard InChI is InChI=1S/C28H28F4O/c1-17-5-11-21(12-6-17)23-15-16-24(28(32)27(23)31)22-13-9-20(10-14-22)8-7-18(2)25(29)26(30)19(3)33-4/h7-10,13-17,21H,2-3,5-6,11-12H2,1,4H3/b8-7+,26-25-. The van der Waals surface area contributed by atoms with Crippen LogP contribution in [0, 0.1) is 17.6 Å². The van der Waals surface area contributed by atoms with Crippen molar-refractivity contribution in [3.05, 3.63) is 101 Å². The average molecular weight is 457 g/mol. The van der Waals surface area contributed by atoms with Gasteiger partial charge in [-0.15, -0.1) is 0 Å². The van der Waals surface area contributed by atoms with Crippen LogP contribution in [0.3, 0.4) is 0 Å². The first kappa shape index (κ1) is 24.6. The molecule has 174 valence electrons. The summed E-state index contributed by atoms with van der Waals surface area (Å²) in [7, 11) is 1.19. The molecule has 33 heavy (non-hydrogen) atoms. The maximum absolute atomic E-state index is 14.9. The maximum atomic E-state index is 14.9. The summed E-state index contributed by atoms with van der Waals surface area (Å²) in [4.78, 5) is 0. The number of benzene rings is 2. The number of methoxy groups -OCH3 is 1. The number of rotatable bonds is 7. The Morgan fingerprint density at radius 2 is 1.55 bits per heavy atom. The van der Waals surface area contributed by atoms with E-state index in [1.54, 1.807) is 42.5 Å². The third-order valence-corrected chi connectivity index (χ3v) is 6.23. The third-order valence-electron chi connectivity index (χ3n) is 6.23. The molecule has 1 saturated carbocycles. The molecule has 1 aliphatic rings. The molecule has 0 saturated heterocycles. The van der Waals surface area contributed by atoms with E-state index in [-0.39, 0.29) is 17.1 Å². The topological polar surface area (TPSA) is 9.23 Å². The summed E-state index contributed by atoms with van der Waals surface area (Å²) in [5.74, 6) is -3.73. The fraction of sp³-hybridized carbons (Fsp3) is 0.286. The van der Waals surface area contributed by atoms with Gasteiger partial charge in [-0.2, -0.15) is 4.39 Å². The Kier molecular flexibility index (Phi) is 7.96. The fourth-order valence-corrected chi connectivity index (χ4v) is 4.07. The van der Waals surface area contributed by atoms with E-state index >= 15 is 0 Å². The first-order valence-electron chi connectivity index (χ1n) is 11.0. The maximum Gasteiger partial charge on any atom is 0.200 e. The van der Waals surface area contributed by atoms with Crippen molar-refractivity contribution in [2.45, 2.75) is 38.5 Å². The molecule has 2 aromatic carbocycles. The molecule has 0 atom stereocenters. The molecule has 3 rings (SSSR count). The second kappa shape index (κ2) is 10.7. The molecule has 1 fully saturated rings. The van der Waals surface area contributed by atoms with Gasteiger partial charge in [0.1, 0.15) is 5.76 Å². The Morgan fingerprint density at radius 1 is 0.909 bits per heavy atom. The summed E-state index contributed by atoms with van der Waals surface area (Å²) >= 11 is 0. The van der Waals surface area contributed by atoms with E-state index in [1.807, 2.05) is 0 Å². The van der Waals surface area contributed by atoms with Crippen LogP contribution in [-0.4, -0.2) is 7.11 Å². The molecule has 0 spiro atoms. The second-order valence-corrected chi connectivity index (χ2v) is 8.52. The average Bonchev–Trinajstić information content (AvgIpc) is 2.83.